The van der Waals surface area contributed by atoms with E-state index in [1.807, 2.05) is 11.3 Å². The summed E-state index contributed by atoms with van der Waals surface area (Å²) in [7, 11) is 0. The molecule has 6 aliphatic rings. The molecular formula is C75H83BN2OS. The molecule has 4 heterocycles. The van der Waals surface area contributed by atoms with Crippen molar-refractivity contribution in [2.45, 2.75) is 212 Å². The Hall–Kier alpha value is -5.78. The number of anilines is 5. The molecule has 0 fully saturated rings. The molecule has 0 saturated heterocycles. The molecule has 5 heteroatoms. The van der Waals surface area contributed by atoms with Gasteiger partial charge in [-0.1, -0.05) is 147 Å². The summed E-state index contributed by atoms with van der Waals surface area (Å²) in [4.78, 5) is 5.62. The number of thiophene rings is 1. The standard InChI is InChI=1S/C75H83BN2OS/c1-42-34-51-55(73(12,13)31-28-69(51,4)5)39-59(42)77-65-45-21-19-18-20-43(45)35-49-62-58(25-23-46-47-37-53-56(40-60(47)79-66(46)62)74(14,15)32-29-71(53,8)9)78(44-22-24-50-52(36-44)70(6,7)27-26-68(50,2)3)76(63(49)65)64-48-38-54-57(41-61(48)80-67(64)77)75(16,17)33-30-72(54,10)11/h18-25,34-41H,26-33H2,1-17H3. The van der Waals surface area contributed by atoms with Gasteiger partial charge in [0.15, 0.2) is 0 Å². The van der Waals surface area contributed by atoms with Gasteiger partial charge in [-0.25, -0.2) is 0 Å². The van der Waals surface area contributed by atoms with Crippen molar-refractivity contribution in [3.63, 3.8) is 0 Å². The number of hydrogen-bond donors (Lipinski definition) is 0. The van der Waals surface area contributed by atoms with E-state index >= 15 is 0 Å². The largest absolute Gasteiger partial charge is 0.455 e. The van der Waals surface area contributed by atoms with Gasteiger partial charge >= 0.3 is 6.85 Å². The first-order valence-electron chi connectivity index (χ1n) is 30.6. The Balaban J connectivity index is 1.13. The minimum Gasteiger partial charge on any atom is -0.455 e. The van der Waals surface area contributed by atoms with Crippen LogP contribution in [0.15, 0.2) is 101 Å². The molecule has 408 valence electrons. The van der Waals surface area contributed by atoms with Gasteiger partial charge in [0.1, 0.15) is 11.2 Å². The van der Waals surface area contributed by atoms with Crippen LogP contribution in [0.3, 0.4) is 0 Å². The lowest BCUT2D eigenvalue weighted by Crippen LogP contribution is -2.61. The van der Waals surface area contributed by atoms with E-state index in [-0.39, 0.29) is 50.2 Å². The average Bonchev–Trinajstić information content (AvgIpc) is 4.12. The van der Waals surface area contributed by atoms with Crippen LogP contribution in [0.5, 0.6) is 0 Å². The van der Waals surface area contributed by atoms with E-state index in [2.05, 4.69) is 224 Å². The van der Waals surface area contributed by atoms with Gasteiger partial charge in [0.05, 0.1) is 16.4 Å². The molecule has 7 aromatic carbocycles. The lowest BCUT2D eigenvalue weighted by atomic mass is 9.43. The van der Waals surface area contributed by atoms with Crippen LogP contribution in [0.2, 0.25) is 0 Å². The Morgan fingerprint density at radius 1 is 0.438 bits per heavy atom. The third kappa shape index (κ3) is 6.85. The zero-order valence-electron chi connectivity index (χ0n) is 51.2. The van der Waals surface area contributed by atoms with Crippen molar-refractivity contribution >= 4 is 99.7 Å². The van der Waals surface area contributed by atoms with Gasteiger partial charge in [-0.05, 0) is 240 Å². The Bertz CT molecular complexity index is 4240. The minimum absolute atomic E-state index is 0.0233. The molecule has 0 bridgehead atoms. The molecule has 0 N–H and O–H groups in total. The second-order valence-corrected chi connectivity index (χ2v) is 32.6. The van der Waals surface area contributed by atoms with Gasteiger partial charge in [0.2, 0.25) is 0 Å². The third-order valence-corrected chi connectivity index (χ3v) is 23.8. The highest BCUT2D eigenvalue weighted by Gasteiger charge is 2.51. The first-order valence-corrected chi connectivity index (χ1v) is 31.4. The Kier molecular flexibility index (Phi) is 10.1. The van der Waals surface area contributed by atoms with Crippen molar-refractivity contribution in [1.29, 1.82) is 0 Å². The molecule has 80 heavy (non-hydrogen) atoms. The van der Waals surface area contributed by atoms with Crippen LogP contribution in [-0.2, 0) is 43.3 Å². The highest BCUT2D eigenvalue weighted by atomic mass is 32.1. The molecular weight excluding hydrogens is 988 g/mol. The fourth-order valence-corrected chi connectivity index (χ4v) is 18.1. The maximum absolute atomic E-state index is 7.64. The quantitative estimate of drug-likeness (QED) is 0.161. The number of nitrogens with zero attached hydrogens (tertiary/aromatic N) is 2. The zero-order valence-corrected chi connectivity index (χ0v) is 52.0. The Labute approximate surface area is 481 Å². The van der Waals surface area contributed by atoms with Crippen LogP contribution in [-0.4, -0.2) is 6.85 Å². The summed E-state index contributed by atoms with van der Waals surface area (Å²) in [6, 6.07) is 40.1. The molecule has 2 aliphatic heterocycles. The lowest BCUT2D eigenvalue weighted by molar-refractivity contribution is 0.332. The lowest BCUT2D eigenvalue weighted by Gasteiger charge is -2.47. The van der Waals surface area contributed by atoms with E-state index in [0.29, 0.717) is 0 Å². The van der Waals surface area contributed by atoms with E-state index in [0.717, 1.165) is 24.0 Å². The van der Waals surface area contributed by atoms with Gasteiger partial charge in [-0.2, -0.15) is 0 Å². The van der Waals surface area contributed by atoms with Crippen molar-refractivity contribution in [3.8, 4) is 11.1 Å². The summed E-state index contributed by atoms with van der Waals surface area (Å²) in [6.45, 7) is 41.9. The fourth-order valence-electron chi connectivity index (χ4n) is 16.9. The number of fused-ring (bicyclic) bond motifs is 16. The van der Waals surface area contributed by atoms with E-state index in [1.165, 1.54) is 170 Å². The molecule has 15 rings (SSSR count). The highest BCUT2D eigenvalue weighted by molar-refractivity contribution is 7.26. The number of benzene rings is 7. The van der Waals surface area contributed by atoms with Gasteiger partial charge in [0.25, 0.3) is 0 Å². The monoisotopic (exact) mass is 1070 g/mol. The van der Waals surface area contributed by atoms with Crippen molar-refractivity contribution < 1.29 is 4.42 Å². The summed E-state index contributed by atoms with van der Waals surface area (Å²) < 4.78 is 9.03. The van der Waals surface area contributed by atoms with E-state index in [1.54, 1.807) is 0 Å². The third-order valence-electron chi connectivity index (χ3n) is 22.6. The first-order chi connectivity index (χ1) is 37.5. The van der Waals surface area contributed by atoms with Crippen LogP contribution in [0.25, 0.3) is 53.9 Å². The predicted molar refractivity (Wildman–Crippen MR) is 346 cm³/mol. The van der Waals surface area contributed by atoms with Crippen molar-refractivity contribution in [2.24, 2.45) is 0 Å². The molecule has 0 radical (unpaired) electrons. The van der Waals surface area contributed by atoms with Crippen LogP contribution in [0.1, 0.15) is 212 Å². The van der Waals surface area contributed by atoms with E-state index < -0.39 is 0 Å². The first kappa shape index (κ1) is 51.1. The van der Waals surface area contributed by atoms with Gasteiger partial charge < -0.3 is 14.1 Å². The van der Waals surface area contributed by atoms with Crippen molar-refractivity contribution in [3.05, 3.63) is 147 Å². The van der Waals surface area contributed by atoms with Gasteiger partial charge in [-0.3, -0.25) is 0 Å². The Morgan fingerprint density at radius 3 is 1.56 bits per heavy atom. The Morgan fingerprint density at radius 2 is 0.950 bits per heavy atom. The summed E-state index contributed by atoms with van der Waals surface area (Å²) in [5.41, 5.74) is 26.1. The van der Waals surface area contributed by atoms with E-state index in [9.17, 15) is 0 Å². The summed E-state index contributed by atoms with van der Waals surface area (Å²) in [6.07, 6.45) is 9.38. The smallest absolute Gasteiger partial charge is 0.334 e. The van der Waals surface area contributed by atoms with Crippen LogP contribution in [0, 0.1) is 6.92 Å². The molecule has 0 atom stereocenters. The number of rotatable bonds is 2. The number of aryl methyl sites for hydroxylation is 1. The fraction of sp³-hybridized carbons (Fsp3) is 0.440. The maximum atomic E-state index is 7.64. The molecule has 3 nitrogen and oxygen atoms in total. The van der Waals surface area contributed by atoms with Crippen LogP contribution >= 0.6 is 11.3 Å². The number of furan rings is 1. The summed E-state index contributed by atoms with van der Waals surface area (Å²) in [5, 5.41) is 7.74. The zero-order chi connectivity index (χ0) is 56.1. The molecule has 0 spiro atoms. The molecule has 4 aliphatic carbocycles. The average molecular weight is 1070 g/mol. The molecule has 0 saturated carbocycles. The maximum Gasteiger partial charge on any atom is 0.334 e. The molecule has 0 amide bonds. The van der Waals surface area contributed by atoms with Crippen LogP contribution < -0.4 is 20.6 Å². The predicted octanol–water partition coefficient (Wildman–Crippen LogP) is 20.4. The second kappa shape index (κ2) is 15.9. The highest BCUT2D eigenvalue weighted by Crippen LogP contribution is 2.59. The second-order valence-electron chi connectivity index (χ2n) is 31.5. The van der Waals surface area contributed by atoms with Crippen molar-refractivity contribution in [1.82, 2.24) is 0 Å². The molecule has 2 aromatic heterocycles. The normalized spacial score (nSPS) is 21.6. The molecule has 0 unspecified atom stereocenters. The van der Waals surface area contributed by atoms with Gasteiger partial charge in [0, 0.05) is 37.8 Å². The van der Waals surface area contributed by atoms with Crippen LogP contribution in [0.4, 0.5) is 27.8 Å². The summed E-state index contributed by atoms with van der Waals surface area (Å²) in [5.74, 6) is 0. The minimum atomic E-state index is -0.142. The van der Waals surface area contributed by atoms with Crippen molar-refractivity contribution in [2.75, 3.05) is 9.71 Å². The molecule has 9 aromatic rings. The van der Waals surface area contributed by atoms with Gasteiger partial charge in [-0.15, -0.1) is 11.3 Å². The topological polar surface area (TPSA) is 19.6 Å². The summed E-state index contributed by atoms with van der Waals surface area (Å²) >= 11 is 2.04. The number of hydrogen-bond acceptors (Lipinski definition) is 4. The van der Waals surface area contributed by atoms with E-state index in [4.69, 9.17) is 4.42 Å². The SMILES string of the molecule is Cc1cc2c(cc1N1c3sc4cc5c(cc4c3B3c4c(cc6ccccc6c41)-c1c(ccc4c1oc1cc6c(cc14)C(C)(C)CCC6(C)C)N3c1ccc3c(c1)C(C)(C)CCC3(C)C)C(C)(C)CCC5(C)C)C(C)(C)CCC2(C)C.